The molecule has 0 saturated heterocycles. The summed E-state index contributed by atoms with van der Waals surface area (Å²) in [6, 6.07) is 7.08. The molecule has 0 bridgehead atoms. The van der Waals surface area contributed by atoms with E-state index in [2.05, 4.69) is 0 Å². The minimum absolute atomic E-state index is 0.378. The molecule has 0 amide bonds. The van der Waals surface area contributed by atoms with Gasteiger partial charge in [0.25, 0.3) is 0 Å². The van der Waals surface area contributed by atoms with Gasteiger partial charge in [-0.15, -0.1) is 0 Å². The van der Waals surface area contributed by atoms with Crippen molar-refractivity contribution in [1.29, 1.82) is 0 Å². The lowest BCUT2D eigenvalue weighted by molar-refractivity contribution is -0.154. The van der Waals surface area contributed by atoms with Crippen LogP contribution in [0.2, 0.25) is 0 Å². The summed E-state index contributed by atoms with van der Waals surface area (Å²) in [4.78, 5) is 11.2. The van der Waals surface area contributed by atoms with E-state index in [-0.39, 0.29) is 0 Å². The summed E-state index contributed by atoms with van der Waals surface area (Å²) < 4.78 is 11.0. The Morgan fingerprint density at radius 3 is 2.35 bits per heavy atom. The lowest BCUT2D eigenvalue weighted by Gasteiger charge is -2.25. The van der Waals surface area contributed by atoms with Crippen LogP contribution in [0.15, 0.2) is 24.3 Å². The van der Waals surface area contributed by atoms with Gasteiger partial charge in [-0.05, 0) is 32.4 Å². The van der Waals surface area contributed by atoms with Gasteiger partial charge in [-0.1, -0.05) is 19.1 Å². The highest BCUT2D eigenvalue weighted by Gasteiger charge is 2.34. The Balaban J connectivity index is 2.97. The number of hydrogen-bond donors (Lipinski definition) is 1. The van der Waals surface area contributed by atoms with Gasteiger partial charge in [-0.2, -0.15) is 0 Å². The van der Waals surface area contributed by atoms with Crippen LogP contribution in [0, 0.1) is 0 Å². The van der Waals surface area contributed by atoms with Crippen LogP contribution >= 0.6 is 0 Å². The molecule has 0 heterocycles. The van der Waals surface area contributed by atoms with E-state index in [0.717, 1.165) is 0 Å². The standard InChI is InChI=1S/C13H18O4/c1-4-13(3,12(14)15)17-11-9-7-6-8-10(11)16-5-2/h6-9H,4-5H2,1-3H3,(H,14,15). The van der Waals surface area contributed by atoms with Gasteiger partial charge in [-0.3, -0.25) is 0 Å². The van der Waals surface area contributed by atoms with E-state index < -0.39 is 11.6 Å². The molecule has 0 aromatic heterocycles. The maximum atomic E-state index is 11.2. The van der Waals surface area contributed by atoms with Crippen molar-refractivity contribution in [3.63, 3.8) is 0 Å². The average molecular weight is 238 g/mol. The second-order valence-electron chi connectivity index (χ2n) is 3.87. The van der Waals surface area contributed by atoms with Crippen molar-refractivity contribution in [1.82, 2.24) is 0 Å². The third-order valence-corrected chi connectivity index (χ3v) is 2.61. The number of aliphatic carboxylic acids is 1. The van der Waals surface area contributed by atoms with E-state index in [1.807, 2.05) is 13.0 Å². The Bertz CT molecular complexity index is 389. The lowest BCUT2D eigenvalue weighted by atomic mass is 10.0. The minimum atomic E-state index is -1.23. The molecule has 1 unspecified atom stereocenters. The van der Waals surface area contributed by atoms with Gasteiger partial charge >= 0.3 is 5.97 Å². The number of para-hydroxylation sites is 2. The second-order valence-corrected chi connectivity index (χ2v) is 3.87. The minimum Gasteiger partial charge on any atom is -0.490 e. The topological polar surface area (TPSA) is 55.8 Å². The smallest absolute Gasteiger partial charge is 0.347 e. The summed E-state index contributed by atoms with van der Waals surface area (Å²) in [6.45, 7) is 5.71. The summed E-state index contributed by atoms with van der Waals surface area (Å²) in [5.74, 6) is 0.0447. The third kappa shape index (κ3) is 3.12. The normalized spacial score (nSPS) is 13.8. The van der Waals surface area contributed by atoms with Crippen LogP contribution in [0.25, 0.3) is 0 Å². The van der Waals surface area contributed by atoms with Crippen LogP contribution in [0.3, 0.4) is 0 Å². The van der Waals surface area contributed by atoms with E-state index in [0.29, 0.717) is 24.5 Å². The zero-order valence-electron chi connectivity index (χ0n) is 10.4. The maximum absolute atomic E-state index is 11.2. The maximum Gasteiger partial charge on any atom is 0.347 e. The van der Waals surface area contributed by atoms with Crippen molar-refractivity contribution in [3.8, 4) is 11.5 Å². The molecule has 94 valence electrons. The summed E-state index contributed by atoms with van der Waals surface area (Å²) in [7, 11) is 0. The number of carbonyl (C=O) groups is 1. The number of ether oxygens (including phenoxy) is 2. The van der Waals surface area contributed by atoms with Crippen LogP contribution in [0.5, 0.6) is 11.5 Å². The number of rotatable bonds is 6. The summed E-state index contributed by atoms with van der Waals surface area (Å²) in [5.41, 5.74) is -1.23. The number of carboxylic acids is 1. The van der Waals surface area contributed by atoms with E-state index in [9.17, 15) is 4.79 Å². The fourth-order valence-electron chi connectivity index (χ4n) is 1.32. The molecule has 4 heteroatoms. The predicted molar refractivity (Wildman–Crippen MR) is 64.6 cm³/mol. The lowest BCUT2D eigenvalue weighted by Crippen LogP contribution is -2.40. The summed E-state index contributed by atoms with van der Waals surface area (Å²) >= 11 is 0. The zero-order valence-corrected chi connectivity index (χ0v) is 10.4. The summed E-state index contributed by atoms with van der Waals surface area (Å²) in [6.07, 6.45) is 0.378. The first-order chi connectivity index (χ1) is 8.03. The van der Waals surface area contributed by atoms with Crippen LogP contribution in [-0.4, -0.2) is 23.3 Å². The fraction of sp³-hybridized carbons (Fsp3) is 0.462. The van der Waals surface area contributed by atoms with Gasteiger partial charge in [0.2, 0.25) is 5.60 Å². The quantitative estimate of drug-likeness (QED) is 0.827. The molecule has 1 rings (SSSR count). The molecule has 0 spiro atoms. The van der Waals surface area contributed by atoms with Crippen LogP contribution in [0.4, 0.5) is 0 Å². The number of hydrogen-bond acceptors (Lipinski definition) is 3. The van der Waals surface area contributed by atoms with Gasteiger partial charge in [-0.25, -0.2) is 4.79 Å². The molecule has 0 saturated carbocycles. The molecule has 17 heavy (non-hydrogen) atoms. The monoisotopic (exact) mass is 238 g/mol. The first-order valence-electron chi connectivity index (χ1n) is 5.67. The van der Waals surface area contributed by atoms with Crippen molar-refractivity contribution in [2.24, 2.45) is 0 Å². The van der Waals surface area contributed by atoms with Crippen molar-refractivity contribution in [2.75, 3.05) is 6.61 Å². The van der Waals surface area contributed by atoms with Crippen molar-refractivity contribution in [2.45, 2.75) is 32.8 Å². The molecular weight excluding hydrogens is 220 g/mol. The van der Waals surface area contributed by atoms with Gasteiger partial charge in [0, 0.05) is 0 Å². The Morgan fingerprint density at radius 2 is 1.88 bits per heavy atom. The highest BCUT2D eigenvalue weighted by atomic mass is 16.5. The second kappa shape index (κ2) is 5.57. The zero-order chi connectivity index (χ0) is 12.9. The van der Waals surface area contributed by atoms with Gasteiger partial charge < -0.3 is 14.6 Å². The molecule has 0 aliphatic rings. The van der Waals surface area contributed by atoms with E-state index >= 15 is 0 Å². The molecule has 1 N–H and O–H groups in total. The first kappa shape index (κ1) is 13.4. The molecule has 1 aromatic carbocycles. The van der Waals surface area contributed by atoms with Crippen molar-refractivity contribution < 1.29 is 19.4 Å². The first-order valence-corrected chi connectivity index (χ1v) is 5.67. The third-order valence-electron chi connectivity index (χ3n) is 2.61. The van der Waals surface area contributed by atoms with Crippen LogP contribution < -0.4 is 9.47 Å². The molecule has 0 radical (unpaired) electrons. The van der Waals surface area contributed by atoms with Gasteiger partial charge in [0.15, 0.2) is 11.5 Å². The highest BCUT2D eigenvalue weighted by molar-refractivity contribution is 5.77. The van der Waals surface area contributed by atoms with Crippen LogP contribution in [-0.2, 0) is 4.79 Å². The molecular formula is C13H18O4. The molecule has 1 atom stereocenters. The molecule has 0 fully saturated rings. The predicted octanol–water partition coefficient (Wildman–Crippen LogP) is 2.72. The van der Waals surface area contributed by atoms with Gasteiger partial charge in [0.1, 0.15) is 0 Å². The Morgan fingerprint density at radius 1 is 1.29 bits per heavy atom. The molecule has 0 aliphatic heterocycles. The average Bonchev–Trinajstić information content (AvgIpc) is 2.31. The SMILES string of the molecule is CCOc1ccccc1OC(C)(CC)C(=O)O. The Labute approximate surface area is 101 Å². The van der Waals surface area contributed by atoms with Crippen molar-refractivity contribution in [3.05, 3.63) is 24.3 Å². The van der Waals surface area contributed by atoms with E-state index in [1.54, 1.807) is 32.0 Å². The van der Waals surface area contributed by atoms with Gasteiger partial charge in [0.05, 0.1) is 6.61 Å². The summed E-state index contributed by atoms with van der Waals surface area (Å²) in [5, 5.41) is 9.15. The largest absolute Gasteiger partial charge is 0.490 e. The number of carboxylic acid groups (broad SMARTS) is 1. The van der Waals surface area contributed by atoms with Crippen molar-refractivity contribution >= 4 is 5.97 Å². The molecule has 0 aliphatic carbocycles. The van der Waals surface area contributed by atoms with E-state index in [1.165, 1.54) is 0 Å². The Kier molecular flexibility index (Phi) is 4.37. The molecule has 1 aromatic rings. The fourth-order valence-corrected chi connectivity index (χ4v) is 1.32. The molecule has 4 nitrogen and oxygen atoms in total. The van der Waals surface area contributed by atoms with E-state index in [4.69, 9.17) is 14.6 Å². The number of benzene rings is 1. The van der Waals surface area contributed by atoms with Crippen LogP contribution in [0.1, 0.15) is 27.2 Å². The Hall–Kier alpha value is -1.71. The highest BCUT2D eigenvalue weighted by Crippen LogP contribution is 2.31.